The molecule has 0 radical (unpaired) electrons. The van der Waals surface area contributed by atoms with E-state index in [9.17, 15) is 9.59 Å². The van der Waals surface area contributed by atoms with Crippen molar-refractivity contribution in [1.29, 1.82) is 5.41 Å². The fraction of sp³-hybridized carbons (Fsp3) is 0.167. The molecule has 1 heterocycles. The van der Waals surface area contributed by atoms with E-state index in [4.69, 9.17) is 28.6 Å². The van der Waals surface area contributed by atoms with Crippen molar-refractivity contribution < 1.29 is 9.59 Å². The number of pyridine rings is 1. The molecule has 0 aliphatic heterocycles. The highest BCUT2D eigenvalue weighted by molar-refractivity contribution is 6.31. The first kappa shape index (κ1) is 25.0. The Hall–Kier alpha value is -3.62. The third-order valence-corrected chi connectivity index (χ3v) is 5.35. The highest BCUT2D eigenvalue weighted by Gasteiger charge is 2.19. The maximum absolute atomic E-state index is 13.2. The van der Waals surface area contributed by atoms with Gasteiger partial charge in [0, 0.05) is 50.7 Å². The number of benzene rings is 2. The maximum Gasteiger partial charge on any atom is 0.258 e. The van der Waals surface area contributed by atoms with E-state index in [1.54, 1.807) is 66.4 Å². The largest absolute Gasteiger partial charge is 0.377 e. The van der Waals surface area contributed by atoms with Crippen LogP contribution in [0.15, 0.2) is 54.7 Å². The van der Waals surface area contributed by atoms with Crippen molar-refractivity contribution in [1.82, 2.24) is 9.88 Å². The second-order valence-corrected chi connectivity index (χ2v) is 8.70. The van der Waals surface area contributed by atoms with E-state index < -0.39 is 11.8 Å². The van der Waals surface area contributed by atoms with Gasteiger partial charge >= 0.3 is 0 Å². The molecule has 10 heteroatoms. The topological polar surface area (TPSA) is 101 Å². The van der Waals surface area contributed by atoms with Crippen molar-refractivity contribution in [3.05, 3.63) is 81.5 Å². The minimum atomic E-state index is -0.491. The number of hydrogen-bond acceptors (Lipinski definition) is 5. The summed E-state index contributed by atoms with van der Waals surface area (Å²) < 4.78 is 0. The molecule has 0 fully saturated rings. The summed E-state index contributed by atoms with van der Waals surface area (Å²) in [4.78, 5) is 33.7. The van der Waals surface area contributed by atoms with Gasteiger partial charge < -0.3 is 20.4 Å². The fourth-order valence-corrected chi connectivity index (χ4v) is 3.42. The summed E-state index contributed by atoms with van der Waals surface area (Å²) in [6.07, 6.45) is 1.42. The molecule has 0 saturated heterocycles. The molecule has 0 bridgehead atoms. The van der Waals surface area contributed by atoms with Crippen LogP contribution in [0.5, 0.6) is 0 Å². The smallest absolute Gasteiger partial charge is 0.258 e. The van der Waals surface area contributed by atoms with Gasteiger partial charge in [0.25, 0.3) is 11.8 Å². The number of nitrogens with zero attached hydrogens (tertiary/aromatic N) is 3. The molecular formula is C24H24Cl2N6O2. The second-order valence-electron chi connectivity index (χ2n) is 7.83. The number of amidine groups is 1. The highest BCUT2D eigenvalue weighted by Crippen LogP contribution is 2.26. The average molecular weight is 499 g/mol. The summed E-state index contributed by atoms with van der Waals surface area (Å²) in [5.41, 5.74) is 2.16. The predicted molar refractivity (Wildman–Crippen MR) is 138 cm³/mol. The van der Waals surface area contributed by atoms with Crippen LogP contribution in [0.2, 0.25) is 10.0 Å². The lowest BCUT2D eigenvalue weighted by Crippen LogP contribution is -2.24. The second kappa shape index (κ2) is 10.5. The lowest BCUT2D eigenvalue weighted by Gasteiger charge is -2.21. The van der Waals surface area contributed by atoms with Crippen LogP contribution in [-0.4, -0.2) is 55.7 Å². The third-order valence-electron chi connectivity index (χ3n) is 4.89. The molecule has 34 heavy (non-hydrogen) atoms. The van der Waals surface area contributed by atoms with Gasteiger partial charge in [0.1, 0.15) is 11.7 Å². The number of aromatic nitrogens is 1. The van der Waals surface area contributed by atoms with Crippen molar-refractivity contribution in [2.24, 2.45) is 0 Å². The van der Waals surface area contributed by atoms with Gasteiger partial charge in [0.05, 0.1) is 21.8 Å². The van der Waals surface area contributed by atoms with Crippen LogP contribution in [0.3, 0.4) is 0 Å². The number of carbonyl (C=O) groups excluding carboxylic acids is 2. The zero-order valence-electron chi connectivity index (χ0n) is 19.1. The van der Waals surface area contributed by atoms with Crippen LogP contribution < -0.4 is 15.5 Å². The number of halogens is 2. The van der Waals surface area contributed by atoms with Gasteiger partial charge in [0.2, 0.25) is 0 Å². The van der Waals surface area contributed by atoms with E-state index in [0.717, 1.165) is 0 Å². The standard InChI is InChI=1S/C24H24Cl2N6O2/c1-31(2)20-11-14(22(27)32(3)4)5-8-17(20)23(33)29-19-9-6-15(25)12-18(19)24(34)30-21-10-7-16(26)13-28-21/h5-13,27H,1-4H3,(H,29,33)(H,28,30,34). The molecule has 0 saturated carbocycles. The number of carbonyl (C=O) groups is 2. The summed E-state index contributed by atoms with van der Waals surface area (Å²) in [5, 5.41) is 14.5. The normalized spacial score (nSPS) is 10.4. The SMILES string of the molecule is CN(C)C(=N)c1ccc(C(=O)Nc2ccc(Cl)cc2C(=O)Nc2ccc(Cl)cn2)c(N(C)C)c1. The summed E-state index contributed by atoms with van der Waals surface area (Å²) in [5.74, 6) is -0.272. The van der Waals surface area contributed by atoms with E-state index >= 15 is 0 Å². The first-order valence-electron chi connectivity index (χ1n) is 10.2. The zero-order valence-corrected chi connectivity index (χ0v) is 20.6. The lowest BCUT2D eigenvalue weighted by molar-refractivity contribution is 0.102. The minimum Gasteiger partial charge on any atom is -0.377 e. The highest BCUT2D eigenvalue weighted by atomic mass is 35.5. The van der Waals surface area contributed by atoms with Gasteiger partial charge in [-0.15, -0.1) is 0 Å². The van der Waals surface area contributed by atoms with Crippen LogP contribution in [0.25, 0.3) is 0 Å². The first-order chi connectivity index (χ1) is 16.1. The molecule has 3 aromatic rings. The molecule has 0 spiro atoms. The fourth-order valence-electron chi connectivity index (χ4n) is 3.14. The molecule has 2 amide bonds. The Kier molecular flexibility index (Phi) is 7.75. The quantitative estimate of drug-likeness (QED) is 0.333. The monoisotopic (exact) mass is 498 g/mol. The number of amides is 2. The van der Waals surface area contributed by atoms with Gasteiger partial charge in [-0.05, 0) is 42.5 Å². The Balaban J connectivity index is 1.91. The first-order valence-corrected chi connectivity index (χ1v) is 10.9. The maximum atomic E-state index is 13.2. The van der Waals surface area contributed by atoms with Gasteiger partial charge in [-0.2, -0.15) is 0 Å². The number of nitrogens with one attached hydrogen (secondary N) is 3. The van der Waals surface area contributed by atoms with E-state index in [1.165, 1.54) is 12.3 Å². The van der Waals surface area contributed by atoms with E-state index in [-0.39, 0.29) is 11.3 Å². The summed E-state index contributed by atoms with van der Waals surface area (Å²) in [6.45, 7) is 0. The number of rotatable bonds is 6. The molecular weight excluding hydrogens is 475 g/mol. The van der Waals surface area contributed by atoms with Crippen LogP contribution in [0.1, 0.15) is 26.3 Å². The molecule has 0 atom stereocenters. The number of anilines is 3. The number of hydrogen-bond donors (Lipinski definition) is 3. The van der Waals surface area contributed by atoms with Crippen LogP contribution in [-0.2, 0) is 0 Å². The molecule has 0 aliphatic carbocycles. The van der Waals surface area contributed by atoms with Crippen molar-refractivity contribution in [2.75, 3.05) is 43.7 Å². The molecule has 0 aliphatic rings. The Bertz CT molecular complexity index is 1240. The molecule has 3 N–H and O–H groups in total. The summed E-state index contributed by atoms with van der Waals surface area (Å²) >= 11 is 12.0. The summed E-state index contributed by atoms with van der Waals surface area (Å²) in [6, 6.07) is 12.9. The Morgan fingerprint density at radius 2 is 1.53 bits per heavy atom. The lowest BCUT2D eigenvalue weighted by atomic mass is 10.1. The van der Waals surface area contributed by atoms with E-state index in [0.29, 0.717) is 38.5 Å². The van der Waals surface area contributed by atoms with Gasteiger partial charge in [-0.3, -0.25) is 15.0 Å². The Morgan fingerprint density at radius 1 is 0.853 bits per heavy atom. The van der Waals surface area contributed by atoms with Crippen LogP contribution in [0.4, 0.5) is 17.2 Å². The Morgan fingerprint density at radius 3 is 2.15 bits per heavy atom. The average Bonchev–Trinajstić information content (AvgIpc) is 2.80. The van der Waals surface area contributed by atoms with Gasteiger partial charge in [-0.1, -0.05) is 29.3 Å². The molecule has 2 aromatic carbocycles. The minimum absolute atomic E-state index is 0.176. The predicted octanol–water partition coefficient (Wildman–Crippen LogP) is 4.85. The molecule has 0 unspecified atom stereocenters. The van der Waals surface area contributed by atoms with Gasteiger partial charge in [0.15, 0.2) is 0 Å². The third kappa shape index (κ3) is 5.84. The van der Waals surface area contributed by atoms with E-state index in [1.807, 2.05) is 14.1 Å². The Labute approximate surface area is 208 Å². The summed E-state index contributed by atoms with van der Waals surface area (Å²) in [7, 11) is 7.20. The molecule has 1 aromatic heterocycles. The zero-order chi connectivity index (χ0) is 25.0. The molecule has 8 nitrogen and oxygen atoms in total. The van der Waals surface area contributed by atoms with E-state index in [2.05, 4.69) is 15.6 Å². The van der Waals surface area contributed by atoms with Crippen LogP contribution >= 0.6 is 23.2 Å². The van der Waals surface area contributed by atoms with Crippen molar-refractivity contribution in [3.8, 4) is 0 Å². The van der Waals surface area contributed by atoms with Crippen molar-refractivity contribution >= 4 is 58.0 Å². The van der Waals surface area contributed by atoms with Gasteiger partial charge in [-0.25, -0.2) is 4.98 Å². The molecule has 176 valence electrons. The van der Waals surface area contributed by atoms with Crippen LogP contribution in [0, 0.1) is 5.41 Å². The molecule has 3 rings (SSSR count). The van der Waals surface area contributed by atoms with Crippen molar-refractivity contribution in [2.45, 2.75) is 0 Å². The van der Waals surface area contributed by atoms with Crippen molar-refractivity contribution in [3.63, 3.8) is 0 Å².